The number of halogens is 1. The molecule has 2 N–H and O–H groups in total. The molecular weight excluding hydrogens is 506 g/mol. The standard InChI is InChI=1S/C27H26BrN5S/c28-20-12-14-22(15-13-20)32-18-6-11-24(32)26-25(23-10-4-5-16-30-23)31-27(34)33(26)19-7-17-29-21-8-2-1-3-9-21/h1-6,8-16,18,25-26,29H,7,17,19H2,(H,31,34)/t25-,26-/m1/s1. The van der Waals surface area contributed by atoms with Crippen LogP contribution >= 0.6 is 28.1 Å². The molecule has 172 valence electrons. The highest BCUT2D eigenvalue weighted by atomic mass is 79.9. The lowest BCUT2D eigenvalue weighted by Gasteiger charge is -2.29. The summed E-state index contributed by atoms with van der Waals surface area (Å²) in [5.74, 6) is 0. The van der Waals surface area contributed by atoms with E-state index in [0.717, 1.165) is 46.2 Å². The Kier molecular flexibility index (Phi) is 6.92. The molecule has 4 aromatic rings. The number of nitrogens with zero attached hydrogens (tertiary/aromatic N) is 3. The van der Waals surface area contributed by atoms with Crippen LogP contribution in [0.4, 0.5) is 5.69 Å². The van der Waals surface area contributed by atoms with Crippen molar-refractivity contribution in [3.8, 4) is 5.69 Å². The van der Waals surface area contributed by atoms with Gasteiger partial charge in [0.05, 0.1) is 17.8 Å². The van der Waals surface area contributed by atoms with Crippen LogP contribution in [0.5, 0.6) is 0 Å². The highest BCUT2D eigenvalue weighted by molar-refractivity contribution is 9.10. The third-order valence-electron chi connectivity index (χ3n) is 6.06. The molecule has 2 aromatic heterocycles. The van der Waals surface area contributed by atoms with E-state index in [4.69, 9.17) is 12.2 Å². The minimum absolute atomic E-state index is 0.0257. The van der Waals surface area contributed by atoms with Crippen molar-refractivity contribution in [3.63, 3.8) is 0 Å². The summed E-state index contributed by atoms with van der Waals surface area (Å²) < 4.78 is 3.31. The zero-order valence-corrected chi connectivity index (χ0v) is 21.0. The fraction of sp³-hybridized carbons (Fsp3) is 0.185. The van der Waals surface area contributed by atoms with Gasteiger partial charge in [-0.15, -0.1) is 0 Å². The van der Waals surface area contributed by atoms with Crippen LogP contribution in [0.1, 0.15) is 29.9 Å². The zero-order chi connectivity index (χ0) is 23.3. The monoisotopic (exact) mass is 531 g/mol. The fourth-order valence-electron chi connectivity index (χ4n) is 4.48. The lowest BCUT2D eigenvalue weighted by Crippen LogP contribution is -2.32. The van der Waals surface area contributed by atoms with E-state index in [9.17, 15) is 0 Å². The normalized spacial score (nSPS) is 17.6. The van der Waals surface area contributed by atoms with Crippen LogP contribution in [-0.4, -0.2) is 32.7 Å². The van der Waals surface area contributed by atoms with Crippen molar-refractivity contribution in [2.45, 2.75) is 18.5 Å². The molecule has 3 heterocycles. The number of hydrogen-bond acceptors (Lipinski definition) is 3. The first-order chi connectivity index (χ1) is 16.7. The Morgan fingerprint density at radius 3 is 2.50 bits per heavy atom. The first-order valence-electron chi connectivity index (χ1n) is 11.4. The molecule has 0 radical (unpaired) electrons. The molecule has 1 aliphatic rings. The Hall–Kier alpha value is -3.16. The molecule has 0 unspecified atom stereocenters. The van der Waals surface area contributed by atoms with Crippen LogP contribution in [0.25, 0.3) is 5.69 Å². The predicted molar refractivity (Wildman–Crippen MR) is 145 cm³/mol. The SMILES string of the molecule is S=C1N[C@H](c2ccccn2)[C@@H](c2cccn2-c2ccc(Br)cc2)N1CCCNc1ccccc1. The minimum Gasteiger partial charge on any atom is -0.385 e. The van der Waals surface area contributed by atoms with Crippen molar-refractivity contribution < 1.29 is 0 Å². The quantitative estimate of drug-likeness (QED) is 0.212. The molecule has 0 spiro atoms. The molecule has 1 saturated heterocycles. The van der Waals surface area contributed by atoms with Crippen LogP contribution < -0.4 is 10.6 Å². The Labute approximate surface area is 214 Å². The van der Waals surface area contributed by atoms with Gasteiger partial charge in [0, 0.05) is 47.0 Å². The van der Waals surface area contributed by atoms with Crippen LogP contribution in [0.3, 0.4) is 0 Å². The maximum Gasteiger partial charge on any atom is 0.170 e. The van der Waals surface area contributed by atoms with Crippen molar-refractivity contribution in [3.05, 3.63) is 113 Å². The Bertz CT molecular complexity index is 1230. The van der Waals surface area contributed by atoms with Gasteiger partial charge >= 0.3 is 0 Å². The van der Waals surface area contributed by atoms with Crippen LogP contribution in [0, 0.1) is 0 Å². The Morgan fingerprint density at radius 1 is 0.941 bits per heavy atom. The second-order valence-electron chi connectivity index (χ2n) is 8.25. The largest absolute Gasteiger partial charge is 0.385 e. The van der Waals surface area contributed by atoms with Gasteiger partial charge in [0.1, 0.15) is 0 Å². The van der Waals surface area contributed by atoms with E-state index in [1.807, 2.05) is 36.5 Å². The van der Waals surface area contributed by atoms with Crippen molar-refractivity contribution in [1.29, 1.82) is 0 Å². The van der Waals surface area contributed by atoms with Gasteiger partial charge in [-0.3, -0.25) is 4.98 Å². The van der Waals surface area contributed by atoms with Gasteiger partial charge in [-0.25, -0.2) is 0 Å². The van der Waals surface area contributed by atoms with Crippen molar-refractivity contribution >= 4 is 38.9 Å². The Balaban J connectivity index is 1.42. The van der Waals surface area contributed by atoms with E-state index in [2.05, 4.69) is 102 Å². The van der Waals surface area contributed by atoms with Gasteiger partial charge in [0.2, 0.25) is 0 Å². The van der Waals surface area contributed by atoms with E-state index < -0.39 is 0 Å². The number of benzene rings is 2. The molecule has 7 heteroatoms. The summed E-state index contributed by atoms with van der Waals surface area (Å²) in [5, 5.41) is 7.83. The molecule has 0 amide bonds. The molecule has 0 saturated carbocycles. The molecule has 0 bridgehead atoms. The number of anilines is 1. The first kappa shape index (κ1) is 22.6. The molecule has 5 rings (SSSR count). The number of aromatic nitrogens is 2. The minimum atomic E-state index is -0.0279. The van der Waals surface area contributed by atoms with Gasteiger partial charge in [-0.2, -0.15) is 0 Å². The second-order valence-corrected chi connectivity index (χ2v) is 9.55. The summed E-state index contributed by atoms with van der Waals surface area (Å²) in [5.41, 5.74) is 4.42. The van der Waals surface area contributed by atoms with Crippen molar-refractivity contribution in [2.75, 3.05) is 18.4 Å². The topological polar surface area (TPSA) is 45.1 Å². The van der Waals surface area contributed by atoms with Gasteiger partial charge in [0.15, 0.2) is 5.11 Å². The molecule has 5 nitrogen and oxygen atoms in total. The van der Waals surface area contributed by atoms with Gasteiger partial charge in [-0.05, 0) is 79.3 Å². The summed E-state index contributed by atoms with van der Waals surface area (Å²) in [7, 11) is 0. The fourth-order valence-corrected chi connectivity index (χ4v) is 5.07. The number of rotatable bonds is 8. The Morgan fingerprint density at radius 2 is 1.74 bits per heavy atom. The van der Waals surface area contributed by atoms with Crippen LogP contribution in [0.15, 0.2) is 102 Å². The van der Waals surface area contributed by atoms with E-state index in [0.29, 0.717) is 0 Å². The summed E-state index contributed by atoms with van der Waals surface area (Å²) in [6.45, 7) is 1.71. The van der Waals surface area contributed by atoms with Gasteiger partial charge in [-0.1, -0.05) is 40.2 Å². The van der Waals surface area contributed by atoms with Gasteiger partial charge in [0.25, 0.3) is 0 Å². The molecule has 1 aliphatic heterocycles. The predicted octanol–water partition coefficient (Wildman–Crippen LogP) is 6.11. The summed E-state index contributed by atoms with van der Waals surface area (Å²) >= 11 is 9.38. The summed E-state index contributed by atoms with van der Waals surface area (Å²) in [6.07, 6.45) is 4.92. The average Bonchev–Trinajstić information content (AvgIpc) is 3.48. The number of thiocarbonyl (C=S) groups is 1. The molecule has 0 aliphatic carbocycles. The van der Waals surface area contributed by atoms with Crippen LogP contribution in [-0.2, 0) is 0 Å². The molecule has 2 atom stereocenters. The number of hydrogen-bond donors (Lipinski definition) is 2. The summed E-state index contributed by atoms with van der Waals surface area (Å²) in [4.78, 5) is 6.97. The maximum absolute atomic E-state index is 5.84. The van der Waals surface area contributed by atoms with E-state index in [1.165, 1.54) is 5.69 Å². The highest BCUT2D eigenvalue weighted by Gasteiger charge is 2.40. The van der Waals surface area contributed by atoms with E-state index in [1.54, 1.807) is 0 Å². The molecule has 34 heavy (non-hydrogen) atoms. The zero-order valence-electron chi connectivity index (χ0n) is 18.6. The smallest absolute Gasteiger partial charge is 0.170 e. The van der Waals surface area contributed by atoms with E-state index in [-0.39, 0.29) is 12.1 Å². The third kappa shape index (κ3) is 4.86. The number of nitrogens with one attached hydrogen (secondary N) is 2. The van der Waals surface area contributed by atoms with Crippen molar-refractivity contribution in [2.24, 2.45) is 0 Å². The van der Waals surface area contributed by atoms with E-state index >= 15 is 0 Å². The lowest BCUT2D eigenvalue weighted by molar-refractivity contribution is 0.307. The number of pyridine rings is 1. The molecular formula is C27H26BrN5S. The second kappa shape index (κ2) is 10.4. The first-order valence-corrected chi connectivity index (χ1v) is 12.6. The third-order valence-corrected chi connectivity index (χ3v) is 6.95. The average molecular weight is 533 g/mol. The summed E-state index contributed by atoms with van der Waals surface area (Å²) in [6, 6.07) is 29.0. The number of para-hydroxylation sites is 1. The molecule has 1 fully saturated rings. The maximum atomic E-state index is 5.84. The highest BCUT2D eigenvalue weighted by Crippen LogP contribution is 2.39. The van der Waals surface area contributed by atoms with Crippen molar-refractivity contribution in [1.82, 2.24) is 19.8 Å². The molecule has 2 aromatic carbocycles. The lowest BCUT2D eigenvalue weighted by atomic mass is 10.0. The van der Waals surface area contributed by atoms with Gasteiger partial charge < -0.3 is 20.1 Å². The van der Waals surface area contributed by atoms with Crippen LogP contribution in [0.2, 0.25) is 0 Å².